The van der Waals surface area contributed by atoms with E-state index in [-0.39, 0.29) is 31.8 Å². The minimum Gasteiger partial charge on any atom is -0.497 e. The maximum absolute atomic E-state index is 13.9. The Morgan fingerprint density at radius 2 is 1.49 bits per heavy atom. The van der Waals surface area contributed by atoms with Crippen molar-refractivity contribution < 1.29 is 38.5 Å². The maximum Gasteiger partial charge on any atom is 0.246 e. The lowest BCUT2D eigenvalue weighted by Gasteiger charge is -2.29. The molecular formula is C33H42N4O8. The summed E-state index contributed by atoms with van der Waals surface area (Å²) in [5, 5.41) is 19.4. The minimum atomic E-state index is -1.41. The molecule has 12 heteroatoms. The Labute approximate surface area is 262 Å². The number of Topliss-reactive ketones (excluding diaryl/α,β-unsaturated/α-hetero) is 1. The third-order valence-electron chi connectivity index (χ3n) is 8.58. The first kappa shape index (κ1) is 32.6. The van der Waals surface area contributed by atoms with Crippen LogP contribution in [0.2, 0.25) is 0 Å². The van der Waals surface area contributed by atoms with Crippen LogP contribution in [-0.4, -0.2) is 109 Å². The molecule has 4 unspecified atom stereocenters. The van der Waals surface area contributed by atoms with E-state index in [1.54, 1.807) is 38.3 Å². The lowest BCUT2D eigenvalue weighted by Crippen LogP contribution is -2.61. The average molecular weight is 623 g/mol. The molecule has 242 valence electrons. The summed E-state index contributed by atoms with van der Waals surface area (Å²) >= 11 is 0. The number of carbonyl (C=O) groups excluding carboxylic acids is 4. The van der Waals surface area contributed by atoms with Gasteiger partial charge >= 0.3 is 0 Å². The number of methoxy groups -OCH3 is 1. The molecule has 3 amide bonds. The number of hydrogen-bond acceptors (Lipinski definition) is 9. The molecule has 2 aromatic rings. The first-order valence-corrected chi connectivity index (χ1v) is 15.4. The molecular weight excluding hydrogens is 580 g/mol. The molecule has 0 spiro atoms. The van der Waals surface area contributed by atoms with Gasteiger partial charge in [0.05, 0.1) is 45.1 Å². The second-order valence-corrected chi connectivity index (χ2v) is 12.2. The van der Waals surface area contributed by atoms with Crippen molar-refractivity contribution in [3.05, 3.63) is 65.7 Å². The fourth-order valence-electron chi connectivity index (χ4n) is 5.44. The van der Waals surface area contributed by atoms with Crippen LogP contribution in [0.3, 0.4) is 0 Å². The van der Waals surface area contributed by atoms with Gasteiger partial charge in [0.1, 0.15) is 23.4 Å². The van der Waals surface area contributed by atoms with Crippen LogP contribution < -0.4 is 20.7 Å². The van der Waals surface area contributed by atoms with Crippen molar-refractivity contribution >= 4 is 23.5 Å². The van der Waals surface area contributed by atoms with Crippen LogP contribution in [0.4, 0.5) is 0 Å². The fraction of sp³-hybridized carbons (Fsp3) is 0.515. The summed E-state index contributed by atoms with van der Waals surface area (Å²) in [5.74, 6) is -1.27. The van der Waals surface area contributed by atoms with Crippen molar-refractivity contribution in [2.45, 2.75) is 61.9 Å². The average Bonchev–Trinajstić information content (AvgIpc) is 3.98. The molecule has 2 saturated heterocycles. The maximum atomic E-state index is 13.9. The predicted octanol–water partition coefficient (Wildman–Crippen LogP) is 0.150. The molecule has 4 atom stereocenters. The first-order valence-electron chi connectivity index (χ1n) is 15.4. The molecule has 0 radical (unpaired) electrons. The third kappa shape index (κ3) is 8.66. The van der Waals surface area contributed by atoms with E-state index in [9.17, 15) is 24.3 Å². The van der Waals surface area contributed by atoms with Crippen molar-refractivity contribution in [1.29, 1.82) is 0 Å². The molecule has 2 aliphatic heterocycles. The van der Waals surface area contributed by atoms with Gasteiger partial charge in [-0.2, -0.15) is 0 Å². The number of ether oxygens (including phenoxy) is 3. The smallest absolute Gasteiger partial charge is 0.246 e. The van der Waals surface area contributed by atoms with E-state index in [1.807, 2.05) is 35.2 Å². The topological polar surface area (TPSA) is 159 Å². The van der Waals surface area contributed by atoms with Gasteiger partial charge in [-0.1, -0.05) is 42.5 Å². The predicted molar refractivity (Wildman–Crippen MR) is 163 cm³/mol. The zero-order valence-corrected chi connectivity index (χ0v) is 25.8. The number of hydrogen-bond donors (Lipinski definition) is 4. The molecule has 2 aromatic carbocycles. The van der Waals surface area contributed by atoms with E-state index in [4.69, 9.17) is 14.2 Å². The summed E-state index contributed by atoms with van der Waals surface area (Å²) in [5.41, 5.74) is -0.796. The van der Waals surface area contributed by atoms with Crippen molar-refractivity contribution in [1.82, 2.24) is 20.9 Å². The van der Waals surface area contributed by atoms with Gasteiger partial charge in [0.25, 0.3) is 0 Å². The Kier molecular flexibility index (Phi) is 10.2. The highest BCUT2D eigenvalue weighted by Crippen LogP contribution is 2.38. The van der Waals surface area contributed by atoms with Crippen LogP contribution in [0.15, 0.2) is 54.6 Å². The number of aliphatic hydroxyl groups is 1. The number of ketones is 1. The Hall–Kier alpha value is -3.84. The molecule has 5 rings (SSSR count). The molecule has 3 fully saturated rings. The van der Waals surface area contributed by atoms with Crippen LogP contribution in [0.5, 0.6) is 5.75 Å². The number of benzene rings is 2. The minimum absolute atomic E-state index is 0.0586. The van der Waals surface area contributed by atoms with E-state index >= 15 is 0 Å². The normalized spacial score (nSPS) is 22.3. The van der Waals surface area contributed by atoms with Gasteiger partial charge in [0.15, 0.2) is 5.78 Å². The summed E-state index contributed by atoms with van der Waals surface area (Å²) in [7, 11) is 1.55. The number of carbonyl (C=O) groups is 4. The van der Waals surface area contributed by atoms with Crippen LogP contribution in [0.25, 0.3) is 0 Å². The van der Waals surface area contributed by atoms with E-state index in [0.717, 1.165) is 11.1 Å². The summed E-state index contributed by atoms with van der Waals surface area (Å²) in [4.78, 5) is 56.0. The van der Waals surface area contributed by atoms with Crippen LogP contribution in [0.1, 0.15) is 30.9 Å². The second-order valence-electron chi connectivity index (χ2n) is 12.2. The van der Waals surface area contributed by atoms with Crippen molar-refractivity contribution in [3.8, 4) is 5.75 Å². The van der Waals surface area contributed by atoms with Gasteiger partial charge in [-0.15, -0.1) is 0 Å². The Balaban J connectivity index is 1.34. The van der Waals surface area contributed by atoms with Gasteiger partial charge in [-0.05, 0) is 49.4 Å². The van der Waals surface area contributed by atoms with Crippen LogP contribution >= 0.6 is 0 Å². The number of amides is 3. The van der Waals surface area contributed by atoms with Gasteiger partial charge in [-0.25, -0.2) is 0 Å². The molecule has 1 aliphatic carbocycles. The zero-order chi connectivity index (χ0) is 32.0. The van der Waals surface area contributed by atoms with Crippen molar-refractivity contribution in [2.75, 3.05) is 46.6 Å². The summed E-state index contributed by atoms with van der Waals surface area (Å²) in [6.45, 7) is 4.23. The largest absolute Gasteiger partial charge is 0.497 e. The summed E-state index contributed by atoms with van der Waals surface area (Å²) in [6, 6.07) is 13.1. The molecule has 3 aliphatic rings. The summed E-state index contributed by atoms with van der Waals surface area (Å²) < 4.78 is 16.0. The first-order chi connectivity index (χ1) is 21.6. The molecule has 45 heavy (non-hydrogen) atoms. The molecule has 1 saturated carbocycles. The highest BCUT2D eigenvalue weighted by Gasteiger charge is 2.53. The lowest BCUT2D eigenvalue weighted by atomic mass is 9.94. The second kappa shape index (κ2) is 14.1. The van der Waals surface area contributed by atoms with Crippen molar-refractivity contribution in [3.63, 3.8) is 0 Å². The van der Waals surface area contributed by atoms with Gasteiger partial charge in [0.2, 0.25) is 17.7 Å². The highest BCUT2D eigenvalue weighted by molar-refractivity contribution is 5.99. The van der Waals surface area contributed by atoms with Crippen LogP contribution in [0, 0.1) is 0 Å². The zero-order valence-electron chi connectivity index (χ0n) is 25.8. The Morgan fingerprint density at radius 3 is 2.09 bits per heavy atom. The fourth-order valence-corrected chi connectivity index (χ4v) is 5.44. The Bertz CT molecular complexity index is 1350. The number of epoxide rings is 1. The molecule has 4 N–H and O–H groups in total. The molecule has 0 aromatic heterocycles. The monoisotopic (exact) mass is 622 g/mol. The number of nitrogens with one attached hydrogen (secondary N) is 3. The SMILES string of the molecule is COc1ccc(CC(NC(=O)C(NC(=O)CN2CCOCC2)C2(O)CC2)C(=O)NC(Cc2ccccc2)C(=O)C2(C)CO2)cc1. The Morgan fingerprint density at radius 1 is 0.889 bits per heavy atom. The number of morpholine rings is 1. The third-order valence-corrected chi connectivity index (χ3v) is 8.58. The van der Waals surface area contributed by atoms with E-state index in [2.05, 4.69) is 16.0 Å². The molecule has 0 bridgehead atoms. The standard InChI is InChI=1S/C33H42N4O8/c1-32(21-45-32)29(39)25(18-22-6-4-3-5-7-22)34-30(40)26(19-23-8-10-24(43-2)11-9-23)35-31(41)28(33(42)12-13-33)36-27(38)20-37-14-16-44-17-15-37/h3-11,25-26,28,42H,12-21H2,1-2H3,(H,34,40)(H,35,41)(H,36,38). The van der Waals surface area contributed by atoms with E-state index in [1.165, 1.54) is 0 Å². The van der Waals surface area contributed by atoms with Gasteiger partial charge in [-0.3, -0.25) is 24.1 Å². The number of rotatable bonds is 15. The van der Waals surface area contributed by atoms with Crippen LogP contribution in [-0.2, 0) is 41.5 Å². The number of nitrogens with zero attached hydrogens (tertiary/aromatic N) is 1. The quantitative estimate of drug-likeness (QED) is 0.203. The molecule has 2 heterocycles. The van der Waals surface area contributed by atoms with Crippen molar-refractivity contribution in [2.24, 2.45) is 0 Å². The summed E-state index contributed by atoms with van der Waals surface area (Å²) in [6.07, 6.45) is 1.01. The van der Waals surface area contributed by atoms with E-state index < -0.39 is 47.0 Å². The van der Waals surface area contributed by atoms with E-state index in [0.29, 0.717) is 44.9 Å². The van der Waals surface area contributed by atoms with Gasteiger partial charge < -0.3 is 35.3 Å². The van der Waals surface area contributed by atoms with Gasteiger partial charge in [0, 0.05) is 19.5 Å². The highest BCUT2D eigenvalue weighted by atomic mass is 16.6. The molecule has 12 nitrogen and oxygen atoms in total. The lowest BCUT2D eigenvalue weighted by molar-refractivity contribution is -0.136.